The van der Waals surface area contributed by atoms with Gasteiger partial charge in [-0.05, 0) is 60.4 Å². The summed E-state index contributed by atoms with van der Waals surface area (Å²) in [6.07, 6.45) is 4.43. The molecular formula is C28H24O2. The zero-order valence-corrected chi connectivity index (χ0v) is 17.4. The largest absolute Gasteiger partial charge is 0.455 e. The van der Waals surface area contributed by atoms with E-state index in [1.165, 1.54) is 32.7 Å². The quantitative estimate of drug-likeness (QED) is 0.300. The van der Waals surface area contributed by atoms with E-state index in [1.54, 1.807) is 0 Å². The van der Waals surface area contributed by atoms with Crippen molar-refractivity contribution >= 4 is 54.6 Å². The van der Waals surface area contributed by atoms with Gasteiger partial charge in [0.2, 0.25) is 0 Å². The van der Waals surface area contributed by atoms with Crippen molar-refractivity contribution in [3.8, 4) is 0 Å². The van der Waals surface area contributed by atoms with E-state index in [4.69, 9.17) is 8.83 Å². The molecule has 0 saturated carbocycles. The first-order chi connectivity index (χ1) is 14.8. The van der Waals surface area contributed by atoms with E-state index in [0.717, 1.165) is 58.8 Å². The van der Waals surface area contributed by atoms with Crippen molar-refractivity contribution < 1.29 is 8.83 Å². The van der Waals surface area contributed by atoms with Crippen LogP contribution in [-0.2, 0) is 12.8 Å². The topological polar surface area (TPSA) is 26.3 Å². The van der Waals surface area contributed by atoms with E-state index < -0.39 is 0 Å². The van der Waals surface area contributed by atoms with Crippen molar-refractivity contribution in [3.63, 3.8) is 0 Å². The van der Waals surface area contributed by atoms with Crippen molar-refractivity contribution in [2.45, 2.75) is 39.5 Å². The summed E-state index contributed by atoms with van der Waals surface area (Å²) in [7, 11) is 0. The number of rotatable bonds is 4. The maximum absolute atomic E-state index is 6.39. The molecule has 6 rings (SSSR count). The fraction of sp³-hybridized carbons (Fsp3) is 0.214. The summed E-state index contributed by atoms with van der Waals surface area (Å²) in [4.78, 5) is 0. The summed E-state index contributed by atoms with van der Waals surface area (Å²) in [5.74, 6) is 0. The fourth-order valence-electron chi connectivity index (χ4n) is 4.85. The highest BCUT2D eigenvalue weighted by Gasteiger charge is 2.15. The number of fused-ring (bicyclic) bond motifs is 9. The molecule has 0 unspecified atom stereocenters. The lowest BCUT2D eigenvalue weighted by atomic mass is 10.0. The summed E-state index contributed by atoms with van der Waals surface area (Å²) < 4.78 is 12.8. The molecule has 0 saturated heterocycles. The van der Waals surface area contributed by atoms with E-state index >= 15 is 0 Å². The molecule has 6 aromatic rings. The van der Waals surface area contributed by atoms with Gasteiger partial charge in [-0.3, -0.25) is 0 Å². The van der Waals surface area contributed by atoms with Crippen LogP contribution in [0.5, 0.6) is 0 Å². The van der Waals surface area contributed by atoms with Crippen molar-refractivity contribution in [1.82, 2.24) is 0 Å². The van der Waals surface area contributed by atoms with Gasteiger partial charge in [-0.2, -0.15) is 0 Å². The third-order valence-corrected chi connectivity index (χ3v) is 6.28. The molecule has 2 aromatic heterocycles. The third kappa shape index (κ3) is 2.50. The molecule has 0 bridgehead atoms. The normalized spacial score (nSPS) is 12.2. The Morgan fingerprint density at radius 2 is 0.867 bits per heavy atom. The molecule has 0 aliphatic rings. The predicted molar refractivity (Wildman–Crippen MR) is 126 cm³/mol. The third-order valence-electron chi connectivity index (χ3n) is 6.28. The Balaban J connectivity index is 1.64. The summed E-state index contributed by atoms with van der Waals surface area (Å²) in [5, 5.41) is 6.92. The second kappa shape index (κ2) is 6.63. The Morgan fingerprint density at radius 1 is 0.500 bits per heavy atom. The first-order valence-corrected chi connectivity index (χ1v) is 11.0. The Labute approximate surface area is 175 Å². The van der Waals surface area contributed by atoms with E-state index in [-0.39, 0.29) is 0 Å². The van der Waals surface area contributed by atoms with Gasteiger partial charge < -0.3 is 8.83 Å². The van der Waals surface area contributed by atoms with Crippen molar-refractivity contribution in [3.05, 3.63) is 71.8 Å². The van der Waals surface area contributed by atoms with Crippen LogP contribution in [-0.4, -0.2) is 0 Å². The SMILES string of the molecule is CCCc1ccc2c(c1)oc1c2ccc2c1ccc1c3ccc(CCC)cc3oc12. The fourth-order valence-corrected chi connectivity index (χ4v) is 4.85. The van der Waals surface area contributed by atoms with Gasteiger partial charge in [0.05, 0.1) is 0 Å². The minimum absolute atomic E-state index is 0.949. The van der Waals surface area contributed by atoms with Crippen molar-refractivity contribution in [2.24, 2.45) is 0 Å². The van der Waals surface area contributed by atoms with Crippen LogP contribution in [0.3, 0.4) is 0 Å². The molecule has 30 heavy (non-hydrogen) atoms. The molecule has 2 nitrogen and oxygen atoms in total. The predicted octanol–water partition coefficient (Wildman–Crippen LogP) is 8.54. The van der Waals surface area contributed by atoms with Crippen LogP contribution in [0.4, 0.5) is 0 Å². The Kier molecular flexibility index (Phi) is 3.89. The highest BCUT2D eigenvalue weighted by atomic mass is 16.3. The molecule has 0 N–H and O–H groups in total. The summed E-state index contributed by atoms with van der Waals surface area (Å²) in [5.41, 5.74) is 6.50. The molecule has 0 aliphatic heterocycles. The van der Waals surface area contributed by atoms with Crippen LogP contribution >= 0.6 is 0 Å². The number of hydrogen-bond donors (Lipinski definition) is 0. The second-order valence-corrected chi connectivity index (χ2v) is 8.34. The second-order valence-electron chi connectivity index (χ2n) is 8.34. The molecule has 0 radical (unpaired) electrons. The Morgan fingerprint density at radius 3 is 1.27 bits per heavy atom. The van der Waals surface area contributed by atoms with Crippen molar-refractivity contribution in [2.75, 3.05) is 0 Å². The average Bonchev–Trinajstić information content (AvgIpc) is 3.31. The van der Waals surface area contributed by atoms with Crippen LogP contribution in [0.15, 0.2) is 69.5 Å². The number of aryl methyl sites for hydroxylation is 2. The van der Waals surface area contributed by atoms with E-state index in [9.17, 15) is 0 Å². The summed E-state index contributed by atoms with van der Waals surface area (Å²) in [6, 6.07) is 22.0. The first kappa shape index (κ1) is 17.6. The highest BCUT2D eigenvalue weighted by molar-refractivity contribution is 6.22. The number of furan rings is 2. The summed E-state index contributed by atoms with van der Waals surface area (Å²) >= 11 is 0. The lowest BCUT2D eigenvalue weighted by Crippen LogP contribution is -1.81. The summed E-state index contributed by atoms with van der Waals surface area (Å²) in [6.45, 7) is 4.42. The van der Waals surface area contributed by atoms with Crippen molar-refractivity contribution in [1.29, 1.82) is 0 Å². The first-order valence-electron chi connectivity index (χ1n) is 11.0. The molecule has 0 spiro atoms. The Bertz CT molecular complexity index is 1440. The monoisotopic (exact) mass is 392 g/mol. The molecule has 148 valence electrons. The molecule has 2 heterocycles. The molecular weight excluding hydrogens is 368 g/mol. The molecule has 4 aromatic carbocycles. The van der Waals surface area contributed by atoms with Gasteiger partial charge in [0.1, 0.15) is 22.3 Å². The van der Waals surface area contributed by atoms with E-state index in [1.807, 2.05) is 0 Å². The molecule has 0 atom stereocenters. The van der Waals surface area contributed by atoms with Gasteiger partial charge >= 0.3 is 0 Å². The number of benzene rings is 4. The minimum atomic E-state index is 0.949. The van der Waals surface area contributed by atoms with Crippen LogP contribution < -0.4 is 0 Å². The molecule has 2 heteroatoms. The van der Waals surface area contributed by atoms with Crippen LogP contribution in [0.25, 0.3) is 54.6 Å². The van der Waals surface area contributed by atoms with Gasteiger partial charge in [0, 0.05) is 32.3 Å². The maximum Gasteiger partial charge on any atom is 0.143 e. The van der Waals surface area contributed by atoms with Gasteiger partial charge in [-0.1, -0.05) is 51.0 Å². The van der Waals surface area contributed by atoms with Crippen LogP contribution in [0.1, 0.15) is 37.8 Å². The lowest BCUT2D eigenvalue weighted by Gasteiger charge is -2.00. The highest BCUT2D eigenvalue weighted by Crippen LogP contribution is 2.40. The van der Waals surface area contributed by atoms with Crippen LogP contribution in [0.2, 0.25) is 0 Å². The smallest absolute Gasteiger partial charge is 0.143 e. The zero-order valence-electron chi connectivity index (χ0n) is 17.4. The Hall–Kier alpha value is -3.26. The van der Waals surface area contributed by atoms with E-state index in [2.05, 4.69) is 74.5 Å². The molecule has 0 aliphatic carbocycles. The minimum Gasteiger partial charge on any atom is -0.455 e. The van der Waals surface area contributed by atoms with Gasteiger partial charge in [-0.15, -0.1) is 0 Å². The molecule has 0 amide bonds. The van der Waals surface area contributed by atoms with Crippen LogP contribution in [0, 0.1) is 0 Å². The average molecular weight is 392 g/mol. The molecule has 0 fully saturated rings. The lowest BCUT2D eigenvalue weighted by molar-refractivity contribution is 0.668. The van der Waals surface area contributed by atoms with E-state index in [0.29, 0.717) is 0 Å². The standard InChI is InChI=1S/C28H24O2/c1-3-5-17-7-9-19-21-11-13-24-23(27(21)29-25(19)15-17)14-12-22-20-10-8-18(6-4-2)16-26(20)30-28(22)24/h7-16H,3-6H2,1-2H3. The van der Waals surface area contributed by atoms with Gasteiger partial charge in [0.25, 0.3) is 0 Å². The van der Waals surface area contributed by atoms with Gasteiger partial charge in [-0.25, -0.2) is 0 Å². The zero-order chi connectivity index (χ0) is 20.2. The maximum atomic E-state index is 6.39. The van der Waals surface area contributed by atoms with Gasteiger partial charge in [0.15, 0.2) is 0 Å². The number of hydrogen-bond acceptors (Lipinski definition) is 2.